The summed E-state index contributed by atoms with van der Waals surface area (Å²) >= 11 is 0. The van der Waals surface area contributed by atoms with Crippen LogP contribution >= 0.6 is 0 Å². The van der Waals surface area contributed by atoms with E-state index in [1.165, 1.54) is 25.5 Å². The van der Waals surface area contributed by atoms with E-state index in [1.807, 2.05) is 6.92 Å². The molecule has 3 heterocycles. The number of rotatable bonds is 3. The van der Waals surface area contributed by atoms with Crippen LogP contribution in [-0.4, -0.2) is 40.0 Å². The monoisotopic (exact) mass is 276 g/mol. The number of hydrogen-bond acceptors (Lipinski definition) is 5. The molecule has 108 valence electrons. The van der Waals surface area contributed by atoms with E-state index in [1.54, 1.807) is 6.07 Å². The lowest BCUT2D eigenvalue weighted by Gasteiger charge is -2.35. The van der Waals surface area contributed by atoms with E-state index in [-0.39, 0.29) is 10.6 Å². The van der Waals surface area contributed by atoms with Crippen LogP contribution in [-0.2, 0) is 0 Å². The molecule has 2 aliphatic heterocycles. The van der Waals surface area contributed by atoms with E-state index in [4.69, 9.17) is 0 Å². The lowest BCUT2D eigenvalue weighted by molar-refractivity contribution is -0.384. The van der Waals surface area contributed by atoms with Gasteiger partial charge in [-0.25, -0.2) is 4.98 Å². The van der Waals surface area contributed by atoms with Gasteiger partial charge in [0.1, 0.15) is 0 Å². The molecule has 3 rings (SSSR count). The number of nitrogens with zero attached hydrogens (tertiary/aromatic N) is 3. The van der Waals surface area contributed by atoms with Gasteiger partial charge in [0.05, 0.1) is 4.92 Å². The molecule has 20 heavy (non-hydrogen) atoms. The third-order valence-corrected chi connectivity index (χ3v) is 4.37. The van der Waals surface area contributed by atoms with Crippen LogP contribution in [0.25, 0.3) is 0 Å². The van der Waals surface area contributed by atoms with E-state index >= 15 is 0 Å². The number of aryl methyl sites for hydroxylation is 1. The number of nitro groups is 1. The largest absolute Gasteiger partial charge is 0.361 e. The van der Waals surface area contributed by atoms with Gasteiger partial charge >= 0.3 is 5.69 Å². The average Bonchev–Trinajstić information content (AvgIpc) is 2.85. The number of pyridine rings is 1. The lowest BCUT2D eigenvalue weighted by Crippen LogP contribution is -2.42. The summed E-state index contributed by atoms with van der Waals surface area (Å²) in [5, 5.41) is 14.4. The first-order valence-corrected chi connectivity index (χ1v) is 7.26. The molecule has 2 unspecified atom stereocenters. The average molecular weight is 276 g/mol. The Balaban J connectivity index is 1.74. The highest BCUT2D eigenvalue weighted by atomic mass is 16.6. The van der Waals surface area contributed by atoms with Crippen molar-refractivity contribution in [2.45, 2.75) is 44.7 Å². The Morgan fingerprint density at radius 3 is 3.05 bits per heavy atom. The van der Waals surface area contributed by atoms with E-state index in [2.05, 4.69) is 15.2 Å². The highest BCUT2D eigenvalue weighted by molar-refractivity contribution is 5.56. The maximum Gasteiger partial charge on any atom is 0.311 e. The van der Waals surface area contributed by atoms with Crippen molar-refractivity contribution >= 4 is 11.5 Å². The van der Waals surface area contributed by atoms with Crippen molar-refractivity contribution in [3.8, 4) is 0 Å². The number of nitrogens with one attached hydrogen (secondary N) is 1. The van der Waals surface area contributed by atoms with Gasteiger partial charge in [0.15, 0.2) is 0 Å². The maximum atomic E-state index is 11.1. The summed E-state index contributed by atoms with van der Waals surface area (Å²) in [4.78, 5) is 17.6. The van der Waals surface area contributed by atoms with Crippen LogP contribution in [0.4, 0.5) is 11.5 Å². The highest BCUT2D eigenvalue weighted by Gasteiger charge is 2.32. The fraction of sp³-hybridized carbons (Fsp3) is 0.643. The molecule has 1 N–H and O–H groups in total. The molecule has 2 saturated heterocycles. The van der Waals surface area contributed by atoms with Gasteiger partial charge in [-0.3, -0.25) is 10.1 Å². The van der Waals surface area contributed by atoms with Gasteiger partial charge in [-0.15, -0.1) is 0 Å². The van der Waals surface area contributed by atoms with Crippen molar-refractivity contribution in [1.29, 1.82) is 0 Å². The highest BCUT2D eigenvalue weighted by Crippen LogP contribution is 2.30. The second-order valence-electron chi connectivity index (χ2n) is 5.78. The molecule has 0 bridgehead atoms. The predicted octanol–water partition coefficient (Wildman–Crippen LogP) is 2.34. The van der Waals surface area contributed by atoms with E-state index in [9.17, 15) is 10.1 Å². The SMILES string of the molecule is Cc1ccc([N+](=O)[O-])c(NC2CCN3CCCC3C2)n1. The summed E-state index contributed by atoms with van der Waals surface area (Å²) in [5.74, 6) is 0.423. The molecule has 6 nitrogen and oxygen atoms in total. The summed E-state index contributed by atoms with van der Waals surface area (Å²) in [6, 6.07) is 4.16. The number of hydrogen-bond donors (Lipinski definition) is 1. The van der Waals surface area contributed by atoms with Crippen molar-refractivity contribution in [3.63, 3.8) is 0 Å². The Morgan fingerprint density at radius 1 is 1.40 bits per heavy atom. The van der Waals surface area contributed by atoms with Crippen molar-refractivity contribution in [1.82, 2.24) is 9.88 Å². The van der Waals surface area contributed by atoms with Crippen molar-refractivity contribution in [2.75, 3.05) is 18.4 Å². The molecule has 0 radical (unpaired) electrons. The minimum atomic E-state index is -0.362. The molecule has 1 aromatic heterocycles. The Labute approximate surface area is 118 Å². The van der Waals surface area contributed by atoms with Crippen LogP contribution in [0.3, 0.4) is 0 Å². The normalized spacial score (nSPS) is 26.2. The van der Waals surface area contributed by atoms with Gasteiger partial charge in [0.2, 0.25) is 5.82 Å². The number of fused-ring (bicyclic) bond motifs is 1. The van der Waals surface area contributed by atoms with Crippen molar-refractivity contribution < 1.29 is 4.92 Å². The zero-order valence-corrected chi connectivity index (χ0v) is 11.7. The van der Waals surface area contributed by atoms with Gasteiger partial charge in [0, 0.05) is 30.4 Å². The molecule has 0 saturated carbocycles. The van der Waals surface area contributed by atoms with Gasteiger partial charge in [-0.2, -0.15) is 0 Å². The second-order valence-corrected chi connectivity index (χ2v) is 5.78. The first-order valence-electron chi connectivity index (χ1n) is 7.26. The number of anilines is 1. The predicted molar refractivity (Wildman–Crippen MR) is 76.9 cm³/mol. The lowest BCUT2D eigenvalue weighted by atomic mass is 9.97. The van der Waals surface area contributed by atoms with Crippen molar-refractivity contribution in [3.05, 3.63) is 27.9 Å². The molecular formula is C14H20N4O2. The first kappa shape index (κ1) is 13.3. The molecule has 1 aromatic rings. The molecule has 0 amide bonds. The summed E-state index contributed by atoms with van der Waals surface area (Å²) in [5.41, 5.74) is 0.876. The quantitative estimate of drug-likeness (QED) is 0.677. The standard InChI is InChI=1S/C14H20N4O2/c1-10-4-5-13(18(19)20)14(15-10)16-11-6-8-17-7-2-3-12(17)9-11/h4-5,11-12H,2-3,6-9H2,1H3,(H,15,16). The fourth-order valence-corrected chi connectivity index (χ4v) is 3.35. The molecule has 0 aromatic carbocycles. The second kappa shape index (κ2) is 5.36. The molecule has 2 aliphatic rings. The zero-order chi connectivity index (χ0) is 14.1. The van der Waals surface area contributed by atoms with Gasteiger partial charge in [-0.05, 0) is 45.2 Å². The van der Waals surface area contributed by atoms with E-state index in [0.29, 0.717) is 17.9 Å². The van der Waals surface area contributed by atoms with Crippen molar-refractivity contribution in [2.24, 2.45) is 0 Å². The smallest absolute Gasteiger partial charge is 0.311 e. The fourth-order valence-electron chi connectivity index (χ4n) is 3.35. The molecule has 6 heteroatoms. The third kappa shape index (κ3) is 2.60. The Hall–Kier alpha value is -1.69. The summed E-state index contributed by atoms with van der Waals surface area (Å²) in [7, 11) is 0. The van der Waals surface area contributed by atoms with Crippen LogP contribution in [0.5, 0.6) is 0 Å². The number of aromatic nitrogens is 1. The zero-order valence-electron chi connectivity index (χ0n) is 11.7. The molecular weight excluding hydrogens is 256 g/mol. The van der Waals surface area contributed by atoms with Crippen LogP contribution in [0.1, 0.15) is 31.4 Å². The molecule has 0 spiro atoms. The molecule has 2 atom stereocenters. The minimum Gasteiger partial charge on any atom is -0.361 e. The van der Waals surface area contributed by atoms with Crippen LogP contribution in [0.15, 0.2) is 12.1 Å². The van der Waals surface area contributed by atoms with E-state index in [0.717, 1.165) is 25.1 Å². The Kier molecular flexibility index (Phi) is 3.56. The maximum absolute atomic E-state index is 11.1. The summed E-state index contributed by atoms with van der Waals surface area (Å²) in [6.45, 7) is 4.15. The molecule has 0 aliphatic carbocycles. The Morgan fingerprint density at radius 2 is 2.25 bits per heavy atom. The first-order chi connectivity index (χ1) is 9.63. The topological polar surface area (TPSA) is 71.3 Å². The third-order valence-electron chi connectivity index (χ3n) is 4.37. The van der Waals surface area contributed by atoms with Crippen LogP contribution in [0, 0.1) is 17.0 Å². The van der Waals surface area contributed by atoms with Gasteiger partial charge in [-0.1, -0.05) is 0 Å². The minimum absolute atomic E-state index is 0.0736. The summed E-state index contributed by atoms with van der Waals surface area (Å²) in [6.07, 6.45) is 4.62. The Bertz CT molecular complexity index is 520. The summed E-state index contributed by atoms with van der Waals surface area (Å²) < 4.78 is 0. The van der Waals surface area contributed by atoms with E-state index < -0.39 is 0 Å². The number of piperidine rings is 1. The van der Waals surface area contributed by atoms with Gasteiger partial charge < -0.3 is 10.2 Å². The molecule has 2 fully saturated rings. The van der Waals surface area contributed by atoms with Gasteiger partial charge in [0.25, 0.3) is 0 Å². The van der Waals surface area contributed by atoms with Crippen LogP contribution in [0.2, 0.25) is 0 Å². The van der Waals surface area contributed by atoms with Crippen LogP contribution < -0.4 is 5.32 Å².